The zero-order valence-electron chi connectivity index (χ0n) is 11.5. The van der Waals surface area contributed by atoms with Crippen LogP contribution in [-0.4, -0.2) is 0 Å². The quantitative estimate of drug-likeness (QED) is 0.431. The highest BCUT2D eigenvalue weighted by Gasteiger charge is 2.09. The second-order valence-electron chi connectivity index (χ2n) is 5.15. The van der Waals surface area contributed by atoms with Gasteiger partial charge in [0.15, 0.2) is 0 Å². The summed E-state index contributed by atoms with van der Waals surface area (Å²) < 4.78 is 6.72. The monoisotopic (exact) mass is 350 g/mol. The van der Waals surface area contributed by atoms with Gasteiger partial charge in [-0.3, -0.25) is 4.79 Å². The first-order valence-electron chi connectivity index (χ1n) is 6.94. The van der Waals surface area contributed by atoms with Crippen LogP contribution in [0, 0.1) is 0 Å². The molecule has 2 nitrogen and oxygen atoms in total. The molecular formula is C19H11BrO2. The van der Waals surface area contributed by atoms with E-state index in [-0.39, 0.29) is 5.43 Å². The molecule has 0 radical (unpaired) electrons. The summed E-state index contributed by atoms with van der Waals surface area (Å²) in [5.41, 5.74) is 3.30. The summed E-state index contributed by atoms with van der Waals surface area (Å²) in [4.78, 5) is 12.7. The molecule has 0 amide bonds. The third-order valence-corrected chi connectivity index (χ3v) is 4.23. The van der Waals surface area contributed by atoms with Crippen LogP contribution in [0.2, 0.25) is 0 Å². The molecule has 0 aliphatic heterocycles. The second kappa shape index (κ2) is 5.11. The fraction of sp³-hybridized carbons (Fsp3) is 0. The molecule has 0 N–H and O–H groups in total. The first-order chi connectivity index (χ1) is 10.7. The highest BCUT2D eigenvalue weighted by Crippen LogP contribution is 2.26. The van der Waals surface area contributed by atoms with Crippen LogP contribution in [0.4, 0.5) is 0 Å². The Morgan fingerprint density at radius 1 is 0.727 bits per heavy atom. The molecule has 1 aromatic heterocycles. The van der Waals surface area contributed by atoms with E-state index in [9.17, 15) is 4.79 Å². The molecule has 4 rings (SSSR count). The van der Waals surface area contributed by atoms with Gasteiger partial charge in [0.1, 0.15) is 11.2 Å². The molecule has 3 aromatic carbocycles. The van der Waals surface area contributed by atoms with Gasteiger partial charge in [0, 0.05) is 4.47 Å². The van der Waals surface area contributed by atoms with Crippen molar-refractivity contribution in [2.75, 3.05) is 0 Å². The smallest absolute Gasteiger partial charge is 0.200 e. The maximum Gasteiger partial charge on any atom is 0.200 e. The van der Waals surface area contributed by atoms with Crippen molar-refractivity contribution in [3.05, 3.63) is 81.4 Å². The fourth-order valence-corrected chi connectivity index (χ4v) is 3.00. The molecule has 0 aliphatic carbocycles. The molecule has 0 saturated carbocycles. The van der Waals surface area contributed by atoms with Gasteiger partial charge in [-0.2, -0.15) is 0 Å². The predicted molar refractivity (Wildman–Crippen MR) is 93.1 cm³/mol. The number of hydrogen-bond acceptors (Lipinski definition) is 2. The van der Waals surface area contributed by atoms with Gasteiger partial charge in [-0.05, 0) is 41.5 Å². The SMILES string of the molecule is O=c1c2cc(Br)ccc2oc2ccc(-c3ccccc3)cc12. The lowest BCUT2D eigenvalue weighted by Gasteiger charge is -2.05. The minimum Gasteiger partial charge on any atom is -0.456 e. The van der Waals surface area contributed by atoms with Crippen molar-refractivity contribution in [1.29, 1.82) is 0 Å². The van der Waals surface area contributed by atoms with Gasteiger partial charge in [-0.25, -0.2) is 0 Å². The first kappa shape index (κ1) is 13.3. The van der Waals surface area contributed by atoms with Gasteiger partial charge in [-0.15, -0.1) is 0 Å². The summed E-state index contributed by atoms with van der Waals surface area (Å²) in [6.45, 7) is 0. The van der Waals surface area contributed by atoms with E-state index < -0.39 is 0 Å². The third kappa shape index (κ3) is 2.14. The van der Waals surface area contributed by atoms with Crippen molar-refractivity contribution in [2.24, 2.45) is 0 Å². The number of benzene rings is 3. The molecule has 0 bridgehead atoms. The zero-order valence-corrected chi connectivity index (χ0v) is 13.1. The highest BCUT2D eigenvalue weighted by molar-refractivity contribution is 9.10. The van der Waals surface area contributed by atoms with E-state index in [0.29, 0.717) is 21.9 Å². The van der Waals surface area contributed by atoms with Crippen molar-refractivity contribution in [1.82, 2.24) is 0 Å². The molecule has 0 aliphatic rings. The Morgan fingerprint density at radius 3 is 2.18 bits per heavy atom. The number of rotatable bonds is 1. The van der Waals surface area contributed by atoms with Crippen molar-refractivity contribution in [3.8, 4) is 11.1 Å². The summed E-state index contributed by atoms with van der Waals surface area (Å²) in [5, 5.41) is 1.19. The third-order valence-electron chi connectivity index (χ3n) is 3.74. The molecule has 3 heteroatoms. The van der Waals surface area contributed by atoms with Crippen LogP contribution in [0.15, 0.2) is 80.4 Å². The van der Waals surface area contributed by atoms with Crippen LogP contribution >= 0.6 is 15.9 Å². The molecule has 0 spiro atoms. The average molecular weight is 351 g/mol. The van der Waals surface area contributed by atoms with Gasteiger partial charge in [-0.1, -0.05) is 52.3 Å². The van der Waals surface area contributed by atoms with Gasteiger partial charge in [0.25, 0.3) is 0 Å². The molecule has 1 heterocycles. The fourth-order valence-electron chi connectivity index (χ4n) is 2.64. The summed E-state index contributed by atoms with van der Waals surface area (Å²) in [6.07, 6.45) is 0. The van der Waals surface area contributed by atoms with Gasteiger partial charge in [0.2, 0.25) is 5.43 Å². The number of fused-ring (bicyclic) bond motifs is 2. The van der Waals surface area contributed by atoms with E-state index in [2.05, 4.69) is 15.9 Å². The summed E-state index contributed by atoms with van der Waals surface area (Å²) in [5.74, 6) is 0. The van der Waals surface area contributed by atoms with Crippen molar-refractivity contribution < 1.29 is 4.42 Å². The average Bonchev–Trinajstić information content (AvgIpc) is 2.56. The van der Waals surface area contributed by atoms with Gasteiger partial charge in [0.05, 0.1) is 10.8 Å². The van der Waals surface area contributed by atoms with Gasteiger partial charge < -0.3 is 4.42 Å². The van der Waals surface area contributed by atoms with Crippen molar-refractivity contribution >= 4 is 37.9 Å². The van der Waals surface area contributed by atoms with Crippen molar-refractivity contribution in [3.63, 3.8) is 0 Å². The number of halogens is 1. The molecule has 0 atom stereocenters. The Labute approximate surface area is 135 Å². The minimum atomic E-state index is -0.00432. The molecular weight excluding hydrogens is 340 g/mol. The van der Waals surface area contributed by atoms with E-state index in [1.807, 2.05) is 60.7 Å². The zero-order chi connectivity index (χ0) is 15.1. The van der Waals surface area contributed by atoms with Crippen LogP contribution in [0.5, 0.6) is 0 Å². The van der Waals surface area contributed by atoms with Crippen LogP contribution in [0.1, 0.15) is 0 Å². The lowest BCUT2D eigenvalue weighted by molar-refractivity contribution is 0.660. The van der Waals surface area contributed by atoms with Crippen LogP contribution in [-0.2, 0) is 0 Å². The van der Waals surface area contributed by atoms with Crippen LogP contribution in [0.25, 0.3) is 33.1 Å². The van der Waals surface area contributed by atoms with Crippen molar-refractivity contribution in [2.45, 2.75) is 0 Å². The maximum absolute atomic E-state index is 12.7. The van der Waals surface area contributed by atoms with Gasteiger partial charge >= 0.3 is 0 Å². The Bertz CT molecular complexity index is 1050. The molecule has 0 fully saturated rings. The Morgan fingerprint density at radius 2 is 1.41 bits per heavy atom. The first-order valence-corrected chi connectivity index (χ1v) is 7.73. The summed E-state index contributed by atoms with van der Waals surface area (Å²) >= 11 is 3.40. The van der Waals surface area contributed by atoms with E-state index in [4.69, 9.17) is 4.42 Å². The van der Waals surface area contributed by atoms with Crippen LogP contribution < -0.4 is 5.43 Å². The minimum absolute atomic E-state index is 0.00432. The van der Waals surface area contributed by atoms with E-state index >= 15 is 0 Å². The van der Waals surface area contributed by atoms with E-state index in [1.54, 1.807) is 6.07 Å². The molecule has 4 aromatic rings. The molecule has 0 saturated heterocycles. The molecule has 106 valence electrons. The second-order valence-corrected chi connectivity index (χ2v) is 6.06. The number of hydrogen-bond donors (Lipinski definition) is 0. The lowest BCUT2D eigenvalue weighted by atomic mass is 10.0. The van der Waals surface area contributed by atoms with Crippen LogP contribution in [0.3, 0.4) is 0 Å². The normalized spacial score (nSPS) is 11.1. The Hall–Kier alpha value is -2.39. The Balaban J connectivity index is 2.05. The molecule has 22 heavy (non-hydrogen) atoms. The maximum atomic E-state index is 12.7. The summed E-state index contributed by atoms with van der Waals surface area (Å²) in [6, 6.07) is 21.2. The van der Waals surface area contributed by atoms with E-state index in [1.165, 1.54) is 0 Å². The Kier molecular flexibility index (Phi) is 3.09. The topological polar surface area (TPSA) is 30.2 Å². The lowest BCUT2D eigenvalue weighted by Crippen LogP contribution is -2.02. The largest absolute Gasteiger partial charge is 0.456 e. The summed E-state index contributed by atoms with van der Waals surface area (Å²) in [7, 11) is 0. The molecule has 0 unspecified atom stereocenters. The van der Waals surface area contributed by atoms with E-state index in [0.717, 1.165) is 15.6 Å². The highest BCUT2D eigenvalue weighted by atomic mass is 79.9. The predicted octanol–water partition coefficient (Wildman–Crippen LogP) is 5.38. The standard InChI is InChI=1S/C19H11BrO2/c20-14-7-9-18-16(11-14)19(21)15-10-13(6-8-17(15)22-18)12-4-2-1-3-5-12/h1-11H.